The molecule has 1 saturated carbocycles. The molecule has 122 valence electrons. The van der Waals surface area contributed by atoms with E-state index < -0.39 is 5.60 Å². The molecule has 0 radical (unpaired) electrons. The first-order chi connectivity index (χ1) is 10.1. The molecule has 0 aromatic heterocycles. The van der Waals surface area contributed by atoms with Crippen LogP contribution in [0.4, 0.5) is 0 Å². The predicted octanol–water partition coefficient (Wildman–Crippen LogP) is 2.45. The van der Waals surface area contributed by atoms with E-state index in [0.29, 0.717) is 12.5 Å². The first-order valence-electron chi connectivity index (χ1n) is 8.85. The van der Waals surface area contributed by atoms with Crippen molar-refractivity contribution in [3.63, 3.8) is 0 Å². The van der Waals surface area contributed by atoms with Gasteiger partial charge in [0.1, 0.15) is 0 Å². The minimum absolute atomic E-state index is 0.0476. The number of unbranched alkanes of at least 4 members (excludes halogenated alkanes) is 1. The number of carbonyl (C=O) groups excluding carboxylic acids is 1. The SMILES string of the molecule is CCCCN1CCC(NC(=O)CC2(O)CCCCC2)CC1. The van der Waals surface area contributed by atoms with Crippen molar-refractivity contribution in [2.75, 3.05) is 19.6 Å². The van der Waals surface area contributed by atoms with Crippen LogP contribution in [0.5, 0.6) is 0 Å². The number of hydrogen-bond donors (Lipinski definition) is 2. The molecular weight excluding hydrogens is 264 g/mol. The number of piperidine rings is 1. The van der Waals surface area contributed by atoms with Gasteiger partial charge in [0.05, 0.1) is 12.0 Å². The highest BCUT2D eigenvalue weighted by atomic mass is 16.3. The zero-order valence-corrected chi connectivity index (χ0v) is 13.6. The quantitative estimate of drug-likeness (QED) is 0.791. The highest BCUT2D eigenvalue weighted by Crippen LogP contribution is 2.30. The fourth-order valence-electron chi connectivity index (χ4n) is 3.65. The molecule has 1 saturated heterocycles. The van der Waals surface area contributed by atoms with E-state index >= 15 is 0 Å². The molecule has 2 N–H and O–H groups in total. The van der Waals surface area contributed by atoms with Crippen LogP contribution < -0.4 is 5.32 Å². The van der Waals surface area contributed by atoms with Gasteiger partial charge in [-0.05, 0) is 38.6 Å². The lowest BCUT2D eigenvalue weighted by atomic mass is 9.82. The number of likely N-dealkylation sites (tertiary alicyclic amines) is 1. The Hall–Kier alpha value is -0.610. The van der Waals surface area contributed by atoms with Gasteiger partial charge in [-0.15, -0.1) is 0 Å². The van der Waals surface area contributed by atoms with E-state index in [1.54, 1.807) is 0 Å². The van der Waals surface area contributed by atoms with Gasteiger partial charge in [-0.1, -0.05) is 32.6 Å². The Labute approximate surface area is 129 Å². The van der Waals surface area contributed by atoms with Gasteiger partial charge in [-0.2, -0.15) is 0 Å². The van der Waals surface area contributed by atoms with Crippen LogP contribution in [0.3, 0.4) is 0 Å². The summed E-state index contributed by atoms with van der Waals surface area (Å²) in [6, 6.07) is 0.308. The minimum atomic E-state index is -0.732. The molecule has 1 heterocycles. The third-order valence-corrected chi connectivity index (χ3v) is 5.05. The smallest absolute Gasteiger partial charge is 0.223 e. The molecule has 2 aliphatic rings. The molecule has 4 heteroatoms. The van der Waals surface area contributed by atoms with Crippen molar-refractivity contribution in [1.82, 2.24) is 10.2 Å². The van der Waals surface area contributed by atoms with Crippen molar-refractivity contribution < 1.29 is 9.90 Å². The lowest BCUT2D eigenvalue weighted by molar-refractivity contribution is -0.128. The average Bonchev–Trinajstić information content (AvgIpc) is 2.46. The molecule has 2 fully saturated rings. The van der Waals surface area contributed by atoms with Crippen molar-refractivity contribution >= 4 is 5.91 Å². The van der Waals surface area contributed by atoms with Gasteiger partial charge in [-0.3, -0.25) is 4.79 Å². The van der Waals surface area contributed by atoms with E-state index in [1.807, 2.05) is 0 Å². The second kappa shape index (κ2) is 8.14. The fraction of sp³-hybridized carbons (Fsp3) is 0.941. The molecule has 0 bridgehead atoms. The lowest BCUT2D eigenvalue weighted by Gasteiger charge is -2.34. The van der Waals surface area contributed by atoms with Crippen LogP contribution in [0.2, 0.25) is 0 Å². The van der Waals surface area contributed by atoms with Crippen LogP contribution in [-0.4, -0.2) is 47.2 Å². The van der Waals surface area contributed by atoms with Crippen molar-refractivity contribution in [2.24, 2.45) is 0 Å². The van der Waals surface area contributed by atoms with Gasteiger partial charge >= 0.3 is 0 Å². The Balaban J connectivity index is 1.67. The van der Waals surface area contributed by atoms with Crippen molar-refractivity contribution in [2.45, 2.75) is 82.8 Å². The zero-order chi connectivity index (χ0) is 15.1. The highest BCUT2D eigenvalue weighted by Gasteiger charge is 2.32. The highest BCUT2D eigenvalue weighted by molar-refractivity contribution is 5.77. The van der Waals surface area contributed by atoms with Crippen LogP contribution in [-0.2, 0) is 4.79 Å². The molecule has 0 spiro atoms. The molecule has 0 atom stereocenters. The summed E-state index contributed by atoms with van der Waals surface area (Å²) in [4.78, 5) is 14.7. The van der Waals surface area contributed by atoms with Crippen molar-refractivity contribution in [3.8, 4) is 0 Å². The van der Waals surface area contributed by atoms with Gasteiger partial charge in [0.2, 0.25) is 5.91 Å². The summed E-state index contributed by atoms with van der Waals surface area (Å²) in [6.45, 7) is 5.60. The van der Waals surface area contributed by atoms with Crippen LogP contribution in [0.15, 0.2) is 0 Å². The zero-order valence-electron chi connectivity index (χ0n) is 13.6. The number of nitrogens with zero attached hydrogens (tertiary/aromatic N) is 1. The summed E-state index contributed by atoms with van der Waals surface area (Å²) in [5, 5.41) is 13.6. The monoisotopic (exact) mass is 296 g/mol. The van der Waals surface area contributed by atoms with Crippen LogP contribution in [0, 0.1) is 0 Å². The van der Waals surface area contributed by atoms with Gasteiger partial charge in [0, 0.05) is 19.1 Å². The Bertz CT molecular complexity index is 319. The maximum atomic E-state index is 12.2. The van der Waals surface area contributed by atoms with Crippen LogP contribution in [0.1, 0.15) is 71.1 Å². The first-order valence-corrected chi connectivity index (χ1v) is 8.85. The summed E-state index contributed by atoms with van der Waals surface area (Å²) in [6.07, 6.45) is 9.79. The second-order valence-electron chi connectivity index (χ2n) is 7.00. The Morgan fingerprint density at radius 3 is 2.52 bits per heavy atom. The molecule has 0 aromatic carbocycles. The largest absolute Gasteiger partial charge is 0.389 e. The Morgan fingerprint density at radius 1 is 1.24 bits per heavy atom. The van der Waals surface area contributed by atoms with E-state index in [0.717, 1.165) is 51.6 Å². The standard InChI is InChI=1S/C17H32N2O2/c1-2-3-11-19-12-7-15(8-13-19)18-16(20)14-17(21)9-5-4-6-10-17/h15,21H,2-14H2,1H3,(H,18,20). The van der Waals surface area contributed by atoms with E-state index in [2.05, 4.69) is 17.1 Å². The number of amides is 1. The summed E-state index contributed by atoms with van der Waals surface area (Å²) >= 11 is 0. The number of nitrogens with one attached hydrogen (secondary N) is 1. The summed E-state index contributed by atoms with van der Waals surface area (Å²) < 4.78 is 0. The summed E-state index contributed by atoms with van der Waals surface area (Å²) in [5.41, 5.74) is -0.732. The molecule has 1 aliphatic carbocycles. The van der Waals surface area contributed by atoms with Crippen molar-refractivity contribution in [3.05, 3.63) is 0 Å². The van der Waals surface area contributed by atoms with Gasteiger partial charge in [0.15, 0.2) is 0 Å². The molecular formula is C17H32N2O2. The number of rotatable bonds is 6. The van der Waals surface area contributed by atoms with E-state index in [1.165, 1.54) is 25.8 Å². The van der Waals surface area contributed by atoms with Crippen molar-refractivity contribution in [1.29, 1.82) is 0 Å². The second-order valence-corrected chi connectivity index (χ2v) is 7.00. The van der Waals surface area contributed by atoms with E-state index in [-0.39, 0.29) is 5.91 Å². The lowest BCUT2D eigenvalue weighted by Crippen LogP contribution is -2.47. The molecule has 0 aromatic rings. The maximum absolute atomic E-state index is 12.2. The topological polar surface area (TPSA) is 52.6 Å². The summed E-state index contributed by atoms with van der Waals surface area (Å²) in [5.74, 6) is 0.0476. The van der Waals surface area contributed by atoms with E-state index in [4.69, 9.17) is 0 Å². The van der Waals surface area contributed by atoms with E-state index in [9.17, 15) is 9.90 Å². The predicted molar refractivity (Wildman–Crippen MR) is 85.2 cm³/mol. The molecule has 4 nitrogen and oxygen atoms in total. The number of carbonyl (C=O) groups is 1. The molecule has 2 rings (SSSR count). The third kappa shape index (κ3) is 5.59. The average molecular weight is 296 g/mol. The number of aliphatic hydroxyl groups is 1. The molecule has 1 amide bonds. The third-order valence-electron chi connectivity index (χ3n) is 5.05. The fourth-order valence-corrected chi connectivity index (χ4v) is 3.65. The van der Waals surface area contributed by atoms with Crippen LogP contribution in [0.25, 0.3) is 0 Å². The van der Waals surface area contributed by atoms with Gasteiger partial charge < -0.3 is 15.3 Å². The first kappa shape index (κ1) is 16.8. The Morgan fingerprint density at radius 2 is 1.90 bits per heavy atom. The Kier molecular flexibility index (Phi) is 6.49. The normalized spacial score (nSPS) is 23.9. The number of hydrogen-bond acceptors (Lipinski definition) is 3. The maximum Gasteiger partial charge on any atom is 0.223 e. The molecule has 21 heavy (non-hydrogen) atoms. The summed E-state index contributed by atoms with van der Waals surface area (Å²) in [7, 11) is 0. The van der Waals surface area contributed by atoms with Gasteiger partial charge in [0.25, 0.3) is 0 Å². The van der Waals surface area contributed by atoms with Gasteiger partial charge in [-0.25, -0.2) is 0 Å². The molecule has 1 aliphatic heterocycles. The minimum Gasteiger partial charge on any atom is -0.389 e. The van der Waals surface area contributed by atoms with Crippen LogP contribution >= 0.6 is 0 Å². The molecule has 0 unspecified atom stereocenters.